The van der Waals surface area contributed by atoms with Crippen molar-refractivity contribution >= 4 is 15.9 Å². The Kier molecular flexibility index (Phi) is 4.07. The minimum absolute atomic E-state index is 0.238. The highest BCUT2D eigenvalue weighted by atomic mass is 79.9. The monoisotopic (exact) mass is 222 g/mol. The van der Waals surface area contributed by atoms with Crippen molar-refractivity contribution in [2.24, 2.45) is 0 Å². The van der Waals surface area contributed by atoms with Gasteiger partial charge in [-0.25, -0.2) is 0 Å². The molecule has 0 aromatic carbocycles. The molecule has 1 aliphatic heterocycles. The van der Waals surface area contributed by atoms with Crippen molar-refractivity contribution in [3.63, 3.8) is 0 Å². The quantitative estimate of drug-likeness (QED) is 0.530. The fraction of sp³-hybridized carbons (Fsp3) is 0.714. The summed E-state index contributed by atoms with van der Waals surface area (Å²) in [5, 5.41) is 0.818. The second kappa shape index (κ2) is 4.87. The number of hydrogen-bond acceptors (Lipinski definition) is 3. The largest absolute Gasteiger partial charge is 0.352 e. The van der Waals surface area contributed by atoms with Gasteiger partial charge in [0.2, 0.25) is 0 Å². The molecule has 0 amide bonds. The zero-order valence-corrected chi connectivity index (χ0v) is 7.91. The lowest BCUT2D eigenvalue weighted by molar-refractivity contribution is -0.181. The molecule has 0 aromatic heterocycles. The average molecular weight is 223 g/mol. The van der Waals surface area contributed by atoms with Gasteiger partial charge < -0.3 is 14.2 Å². The maximum Gasteiger partial charge on any atom is 0.180 e. The third kappa shape index (κ3) is 2.91. The lowest BCUT2D eigenvalue weighted by Gasteiger charge is -2.12. The van der Waals surface area contributed by atoms with E-state index in [2.05, 4.69) is 15.9 Å². The molecule has 0 spiro atoms. The number of ether oxygens (including phenoxy) is 3. The third-order valence-electron chi connectivity index (χ3n) is 1.29. The summed E-state index contributed by atoms with van der Waals surface area (Å²) in [6, 6.07) is 0. The minimum atomic E-state index is -0.240. The smallest absolute Gasteiger partial charge is 0.180 e. The van der Waals surface area contributed by atoms with Crippen LogP contribution in [0.25, 0.3) is 0 Å². The summed E-state index contributed by atoms with van der Waals surface area (Å²) < 4.78 is 15.4. The van der Waals surface area contributed by atoms with Crippen LogP contribution in [-0.4, -0.2) is 31.6 Å². The SMILES string of the molecule is COC1C=CC(OCCBr)O1. The number of hydrogen-bond donors (Lipinski definition) is 0. The number of alkyl halides is 1. The van der Waals surface area contributed by atoms with Gasteiger partial charge in [0.25, 0.3) is 0 Å². The van der Waals surface area contributed by atoms with Crippen LogP contribution < -0.4 is 0 Å². The van der Waals surface area contributed by atoms with Gasteiger partial charge in [0.05, 0.1) is 6.61 Å². The van der Waals surface area contributed by atoms with E-state index >= 15 is 0 Å². The molecule has 1 rings (SSSR count). The number of halogens is 1. The van der Waals surface area contributed by atoms with E-state index < -0.39 is 0 Å². The Morgan fingerprint density at radius 3 is 2.73 bits per heavy atom. The van der Waals surface area contributed by atoms with Crippen LogP contribution in [0, 0.1) is 0 Å². The fourth-order valence-corrected chi connectivity index (χ4v) is 0.981. The van der Waals surface area contributed by atoms with E-state index in [0.717, 1.165) is 5.33 Å². The molecule has 0 aliphatic carbocycles. The Hall–Kier alpha value is 0.1000. The molecule has 64 valence electrons. The fourth-order valence-electron chi connectivity index (χ4n) is 0.794. The summed E-state index contributed by atoms with van der Waals surface area (Å²) in [4.78, 5) is 0. The molecule has 11 heavy (non-hydrogen) atoms. The van der Waals surface area contributed by atoms with E-state index in [4.69, 9.17) is 14.2 Å². The van der Waals surface area contributed by atoms with Crippen LogP contribution in [0.15, 0.2) is 12.2 Å². The van der Waals surface area contributed by atoms with Crippen molar-refractivity contribution in [3.8, 4) is 0 Å². The van der Waals surface area contributed by atoms with E-state index in [-0.39, 0.29) is 12.6 Å². The lowest BCUT2D eigenvalue weighted by Crippen LogP contribution is -2.17. The molecule has 2 unspecified atom stereocenters. The Morgan fingerprint density at radius 2 is 2.18 bits per heavy atom. The predicted molar refractivity (Wildman–Crippen MR) is 44.6 cm³/mol. The van der Waals surface area contributed by atoms with Gasteiger partial charge >= 0.3 is 0 Å². The Balaban J connectivity index is 2.15. The van der Waals surface area contributed by atoms with Crippen LogP contribution in [-0.2, 0) is 14.2 Å². The molecular weight excluding hydrogens is 212 g/mol. The Morgan fingerprint density at radius 1 is 1.45 bits per heavy atom. The molecule has 0 N–H and O–H groups in total. The van der Waals surface area contributed by atoms with Crippen molar-refractivity contribution in [1.29, 1.82) is 0 Å². The van der Waals surface area contributed by atoms with Crippen molar-refractivity contribution in [1.82, 2.24) is 0 Å². The summed E-state index contributed by atoms with van der Waals surface area (Å²) >= 11 is 3.25. The molecule has 0 aromatic rings. The van der Waals surface area contributed by atoms with Crippen molar-refractivity contribution < 1.29 is 14.2 Å². The van der Waals surface area contributed by atoms with E-state index in [1.54, 1.807) is 7.11 Å². The topological polar surface area (TPSA) is 27.7 Å². The lowest BCUT2D eigenvalue weighted by atomic mass is 10.5. The van der Waals surface area contributed by atoms with Gasteiger partial charge in [-0.1, -0.05) is 15.9 Å². The zero-order chi connectivity index (χ0) is 8.10. The van der Waals surface area contributed by atoms with Crippen LogP contribution in [0.4, 0.5) is 0 Å². The third-order valence-corrected chi connectivity index (χ3v) is 1.61. The first-order chi connectivity index (χ1) is 5.36. The Labute approximate surface area is 74.4 Å². The van der Waals surface area contributed by atoms with E-state index in [9.17, 15) is 0 Å². The van der Waals surface area contributed by atoms with Crippen LogP contribution in [0.2, 0.25) is 0 Å². The highest BCUT2D eigenvalue weighted by Crippen LogP contribution is 2.12. The summed E-state index contributed by atoms with van der Waals surface area (Å²) in [6.45, 7) is 0.644. The second-order valence-electron chi connectivity index (χ2n) is 2.05. The first kappa shape index (κ1) is 9.19. The van der Waals surface area contributed by atoms with Crippen LogP contribution in [0.5, 0.6) is 0 Å². The summed E-state index contributed by atoms with van der Waals surface area (Å²) in [5.74, 6) is 0. The van der Waals surface area contributed by atoms with Gasteiger partial charge in [0, 0.05) is 12.4 Å². The highest BCUT2D eigenvalue weighted by Gasteiger charge is 2.17. The molecule has 2 atom stereocenters. The average Bonchev–Trinajstić information content (AvgIpc) is 2.48. The summed E-state index contributed by atoms with van der Waals surface area (Å²) in [7, 11) is 1.60. The maximum absolute atomic E-state index is 5.25. The zero-order valence-electron chi connectivity index (χ0n) is 6.33. The number of methoxy groups -OCH3 is 1. The first-order valence-electron chi connectivity index (χ1n) is 3.41. The molecule has 1 aliphatic rings. The van der Waals surface area contributed by atoms with Gasteiger partial charge in [-0.3, -0.25) is 0 Å². The molecule has 3 nitrogen and oxygen atoms in total. The second-order valence-corrected chi connectivity index (χ2v) is 2.85. The van der Waals surface area contributed by atoms with Gasteiger partial charge in [-0.05, 0) is 12.2 Å². The molecule has 0 saturated heterocycles. The first-order valence-corrected chi connectivity index (χ1v) is 4.53. The van der Waals surface area contributed by atoms with Crippen LogP contribution in [0.3, 0.4) is 0 Å². The highest BCUT2D eigenvalue weighted by molar-refractivity contribution is 9.09. The van der Waals surface area contributed by atoms with Crippen molar-refractivity contribution in [2.45, 2.75) is 12.6 Å². The van der Waals surface area contributed by atoms with Crippen molar-refractivity contribution in [3.05, 3.63) is 12.2 Å². The number of rotatable bonds is 4. The molecule has 0 radical (unpaired) electrons. The minimum Gasteiger partial charge on any atom is -0.352 e. The summed E-state index contributed by atoms with van der Waals surface area (Å²) in [6.07, 6.45) is 3.20. The van der Waals surface area contributed by atoms with Crippen LogP contribution in [0.1, 0.15) is 0 Å². The van der Waals surface area contributed by atoms with E-state index in [1.807, 2.05) is 12.2 Å². The standard InChI is InChI=1S/C7H11BrO3/c1-9-6-2-3-7(11-6)10-5-4-8/h2-3,6-7H,4-5H2,1H3. The van der Waals surface area contributed by atoms with E-state index in [0.29, 0.717) is 6.61 Å². The van der Waals surface area contributed by atoms with Gasteiger partial charge in [0.1, 0.15) is 0 Å². The predicted octanol–water partition coefficient (Wildman–Crippen LogP) is 1.28. The molecule has 0 saturated carbocycles. The van der Waals surface area contributed by atoms with E-state index in [1.165, 1.54) is 0 Å². The molecule has 4 heteroatoms. The Bertz CT molecular complexity index is 138. The normalized spacial score (nSPS) is 29.6. The van der Waals surface area contributed by atoms with Gasteiger partial charge in [-0.15, -0.1) is 0 Å². The van der Waals surface area contributed by atoms with Gasteiger partial charge in [0.15, 0.2) is 12.6 Å². The van der Waals surface area contributed by atoms with Gasteiger partial charge in [-0.2, -0.15) is 0 Å². The summed E-state index contributed by atoms with van der Waals surface area (Å²) in [5.41, 5.74) is 0. The molecular formula is C7H11BrO3. The molecule has 1 heterocycles. The van der Waals surface area contributed by atoms with Crippen LogP contribution >= 0.6 is 15.9 Å². The molecule has 0 fully saturated rings. The molecule has 0 bridgehead atoms. The maximum atomic E-state index is 5.25. The van der Waals surface area contributed by atoms with Crippen molar-refractivity contribution in [2.75, 3.05) is 19.0 Å².